The van der Waals surface area contributed by atoms with E-state index in [4.69, 9.17) is 9.47 Å². The number of benzene rings is 2. The molecular weight excluding hydrogens is 493 g/mol. The summed E-state index contributed by atoms with van der Waals surface area (Å²) < 4.78 is 73.6. The lowest BCUT2D eigenvalue weighted by Crippen LogP contribution is -2.47. The number of piperidine rings is 1. The monoisotopic (exact) mass is 516 g/mol. The molecule has 0 aromatic heterocycles. The Morgan fingerprint density at radius 3 is 2.43 bits per heavy atom. The molecule has 0 spiro atoms. The summed E-state index contributed by atoms with van der Waals surface area (Å²) in [5, 5.41) is 2.97. The van der Waals surface area contributed by atoms with Crippen molar-refractivity contribution in [1.82, 2.24) is 10.8 Å². The lowest BCUT2D eigenvalue weighted by molar-refractivity contribution is -0.208. The number of amides is 1. The molecular formula is C22H23F3N2O7S. The normalized spacial score (nSPS) is 18.4. The maximum Gasteiger partial charge on any atom is 0.493 e. The molecule has 2 N–H and O–H groups in total. The maximum absolute atomic E-state index is 13.0. The Hall–Kier alpha value is -3.32. The van der Waals surface area contributed by atoms with Crippen LogP contribution >= 0.6 is 0 Å². The van der Waals surface area contributed by atoms with E-state index in [9.17, 15) is 31.2 Å². The van der Waals surface area contributed by atoms with E-state index in [0.29, 0.717) is 23.8 Å². The Balaban J connectivity index is 1.66. The van der Waals surface area contributed by atoms with Crippen LogP contribution in [0.15, 0.2) is 53.4 Å². The van der Waals surface area contributed by atoms with Gasteiger partial charge >= 0.3 is 12.1 Å². The topological polar surface area (TPSA) is 120 Å². The zero-order valence-corrected chi connectivity index (χ0v) is 19.3. The second-order valence-electron chi connectivity index (χ2n) is 7.75. The summed E-state index contributed by atoms with van der Waals surface area (Å²) in [5.41, 5.74) is 1.50. The van der Waals surface area contributed by atoms with Crippen molar-refractivity contribution >= 4 is 21.7 Å². The van der Waals surface area contributed by atoms with E-state index in [-0.39, 0.29) is 17.9 Å². The highest BCUT2D eigenvalue weighted by Crippen LogP contribution is 2.28. The van der Waals surface area contributed by atoms with Crippen LogP contribution in [-0.4, -0.2) is 52.4 Å². The molecule has 3 rings (SSSR count). The fraction of sp³-hybridized carbons (Fsp3) is 0.364. The van der Waals surface area contributed by atoms with Crippen molar-refractivity contribution in [2.45, 2.75) is 17.5 Å². The first kappa shape index (κ1) is 26.3. The highest BCUT2D eigenvalue weighted by Gasteiger charge is 2.43. The quantitative estimate of drug-likeness (QED) is 0.539. The first-order valence-electron chi connectivity index (χ1n) is 10.4. The number of carbonyl (C=O) groups excluding carboxylic acids is 2. The fourth-order valence-electron chi connectivity index (χ4n) is 3.57. The molecule has 35 heavy (non-hydrogen) atoms. The summed E-state index contributed by atoms with van der Waals surface area (Å²) in [6, 6.07) is 12.5. The van der Waals surface area contributed by atoms with Gasteiger partial charge in [-0.3, -0.25) is 4.79 Å². The zero-order valence-electron chi connectivity index (χ0n) is 18.5. The number of rotatable bonds is 7. The summed E-state index contributed by atoms with van der Waals surface area (Å²) in [6.45, 7) is 0.486. The van der Waals surface area contributed by atoms with Gasteiger partial charge in [-0.25, -0.2) is 13.2 Å². The van der Waals surface area contributed by atoms with E-state index in [1.807, 2.05) is 0 Å². The molecule has 13 heteroatoms. The lowest BCUT2D eigenvalue weighted by Gasteiger charge is -2.30. The fourth-order valence-corrected chi connectivity index (χ4v) is 5.22. The molecule has 0 saturated carbocycles. The molecule has 0 aliphatic carbocycles. The minimum absolute atomic E-state index is 0.0104. The van der Waals surface area contributed by atoms with E-state index in [2.05, 4.69) is 10.2 Å². The van der Waals surface area contributed by atoms with Gasteiger partial charge in [-0.2, -0.15) is 18.7 Å². The van der Waals surface area contributed by atoms with Crippen LogP contribution in [0.3, 0.4) is 0 Å². The Morgan fingerprint density at radius 2 is 1.77 bits per heavy atom. The molecule has 190 valence electrons. The van der Waals surface area contributed by atoms with Gasteiger partial charge in [0, 0.05) is 12.0 Å². The molecule has 1 fully saturated rings. The van der Waals surface area contributed by atoms with Crippen molar-refractivity contribution in [1.29, 1.82) is 0 Å². The molecule has 2 aromatic carbocycles. The number of hydrogen-bond donors (Lipinski definition) is 2. The van der Waals surface area contributed by atoms with Gasteiger partial charge in [0.1, 0.15) is 17.2 Å². The Bertz CT molecular complexity index is 1150. The summed E-state index contributed by atoms with van der Waals surface area (Å²) in [7, 11) is -2.35. The van der Waals surface area contributed by atoms with Crippen LogP contribution in [0, 0.1) is 11.8 Å². The van der Waals surface area contributed by atoms with E-state index in [1.54, 1.807) is 24.3 Å². The molecule has 1 aliphatic heterocycles. The highest BCUT2D eigenvalue weighted by atomic mass is 32.2. The third-order valence-electron chi connectivity index (χ3n) is 5.31. The Morgan fingerprint density at radius 1 is 1.09 bits per heavy atom. The number of sulfone groups is 1. The van der Waals surface area contributed by atoms with Crippen LogP contribution in [0.5, 0.6) is 17.2 Å². The number of hydroxylamine groups is 1. The minimum atomic E-state index is -5.27. The molecule has 1 aliphatic rings. The van der Waals surface area contributed by atoms with Gasteiger partial charge in [0.05, 0.1) is 17.8 Å². The predicted molar refractivity (Wildman–Crippen MR) is 116 cm³/mol. The minimum Gasteiger partial charge on any atom is -0.497 e. The number of alkyl halides is 3. The third-order valence-corrected chi connectivity index (χ3v) is 7.17. The predicted octanol–water partition coefficient (Wildman–Crippen LogP) is 2.62. The van der Waals surface area contributed by atoms with Crippen molar-refractivity contribution in [3.05, 3.63) is 48.5 Å². The van der Waals surface area contributed by atoms with E-state index in [0.717, 1.165) is 0 Å². The van der Waals surface area contributed by atoms with Crippen LogP contribution in [0.25, 0.3) is 0 Å². The molecule has 2 aromatic rings. The van der Waals surface area contributed by atoms with Crippen LogP contribution in [0.1, 0.15) is 6.42 Å². The van der Waals surface area contributed by atoms with Crippen molar-refractivity contribution in [2.24, 2.45) is 11.8 Å². The van der Waals surface area contributed by atoms with Crippen LogP contribution in [0.2, 0.25) is 0 Å². The van der Waals surface area contributed by atoms with Crippen molar-refractivity contribution in [3.8, 4) is 17.2 Å². The van der Waals surface area contributed by atoms with Gasteiger partial charge in [0.25, 0.3) is 5.91 Å². The maximum atomic E-state index is 13.0. The second kappa shape index (κ2) is 11.0. The third kappa shape index (κ3) is 7.09. The SMILES string of the molecule is COc1cccc(Oc2ccc(S(=O)(=O)C[C@@H]3CNCC[C@@H]3C(=O)NOC(=O)C(F)(F)F)cc2)c1. The average molecular weight is 516 g/mol. The molecule has 2 atom stereocenters. The largest absolute Gasteiger partial charge is 0.497 e. The molecule has 1 saturated heterocycles. The summed E-state index contributed by atoms with van der Waals surface area (Å²) in [5.74, 6) is -4.26. The van der Waals surface area contributed by atoms with E-state index in [1.165, 1.54) is 36.9 Å². The van der Waals surface area contributed by atoms with Gasteiger partial charge < -0.3 is 19.6 Å². The van der Waals surface area contributed by atoms with Crippen molar-refractivity contribution in [3.63, 3.8) is 0 Å². The number of halogens is 3. The number of carbonyl (C=O) groups is 2. The Labute approximate surface area is 199 Å². The number of nitrogens with one attached hydrogen (secondary N) is 2. The highest BCUT2D eigenvalue weighted by molar-refractivity contribution is 7.91. The molecule has 0 bridgehead atoms. The van der Waals surface area contributed by atoms with E-state index < -0.39 is 45.5 Å². The van der Waals surface area contributed by atoms with Gasteiger partial charge in [-0.05, 0) is 61.8 Å². The first-order chi connectivity index (χ1) is 16.5. The smallest absolute Gasteiger partial charge is 0.493 e. The number of ether oxygens (including phenoxy) is 2. The van der Waals surface area contributed by atoms with Crippen molar-refractivity contribution in [2.75, 3.05) is 26.0 Å². The van der Waals surface area contributed by atoms with Crippen LogP contribution in [0.4, 0.5) is 13.2 Å². The van der Waals surface area contributed by atoms with E-state index >= 15 is 0 Å². The summed E-state index contributed by atoms with van der Waals surface area (Å²) >= 11 is 0. The van der Waals surface area contributed by atoms with Gasteiger partial charge in [-0.1, -0.05) is 6.07 Å². The number of hydrogen-bond acceptors (Lipinski definition) is 8. The standard InChI is InChI=1S/C22H23F3N2O7S/c1-32-16-3-2-4-17(11-16)33-15-5-7-18(8-6-15)35(30,31)13-14-12-26-10-9-19(14)20(28)27-34-21(29)22(23,24)25/h2-8,11,14,19,26H,9-10,12-13H2,1H3,(H,27,28)/t14-,19-/m0/s1. The van der Waals surface area contributed by atoms with Gasteiger partial charge in [-0.15, -0.1) is 0 Å². The molecule has 0 unspecified atom stereocenters. The van der Waals surface area contributed by atoms with Crippen molar-refractivity contribution < 1.29 is 45.5 Å². The average Bonchev–Trinajstić information content (AvgIpc) is 2.82. The number of methoxy groups -OCH3 is 1. The molecule has 0 radical (unpaired) electrons. The zero-order chi connectivity index (χ0) is 25.6. The van der Waals surface area contributed by atoms with Gasteiger partial charge in [0.2, 0.25) is 0 Å². The van der Waals surface area contributed by atoms with Gasteiger partial charge in [0.15, 0.2) is 9.84 Å². The molecule has 9 nitrogen and oxygen atoms in total. The summed E-state index contributed by atoms with van der Waals surface area (Å²) in [4.78, 5) is 27.0. The lowest BCUT2D eigenvalue weighted by atomic mass is 9.87. The first-order valence-corrected chi connectivity index (χ1v) is 12.1. The Kier molecular flexibility index (Phi) is 8.22. The molecule has 1 amide bonds. The molecule has 1 heterocycles. The second-order valence-corrected chi connectivity index (χ2v) is 9.78. The van der Waals surface area contributed by atoms with Crippen LogP contribution < -0.4 is 20.3 Å². The van der Waals surface area contributed by atoms with Crippen LogP contribution in [-0.2, 0) is 24.3 Å². The summed E-state index contributed by atoms with van der Waals surface area (Å²) in [6.07, 6.45) is -5.12.